The van der Waals surface area contributed by atoms with Crippen LogP contribution in [0.2, 0.25) is 5.02 Å². The van der Waals surface area contributed by atoms with E-state index in [0.29, 0.717) is 17.0 Å². The van der Waals surface area contributed by atoms with Gasteiger partial charge in [0, 0.05) is 24.0 Å². The van der Waals surface area contributed by atoms with Crippen LogP contribution in [0.4, 0.5) is 18.0 Å². The summed E-state index contributed by atoms with van der Waals surface area (Å²) < 4.78 is 38.5. The number of amides is 2. The molecule has 4 rings (SSSR count). The Labute approximate surface area is 236 Å². The van der Waals surface area contributed by atoms with E-state index in [1.54, 1.807) is 5.38 Å². The van der Waals surface area contributed by atoms with Crippen molar-refractivity contribution in [2.75, 3.05) is 6.54 Å². The molecule has 0 aliphatic carbocycles. The number of alkyl halides is 3. The largest absolute Gasteiger partial charge is 0.465 e. The molecule has 3 heterocycles. The van der Waals surface area contributed by atoms with Crippen LogP contribution in [0.1, 0.15) is 59.3 Å². The molecular formula is C26H26ClF3N6O3S. The monoisotopic (exact) mass is 594 g/mol. The Morgan fingerprint density at radius 3 is 2.55 bits per heavy atom. The molecule has 3 aromatic heterocycles. The maximum Gasteiger partial charge on any atom is 0.417 e. The van der Waals surface area contributed by atoms with Crippen LogP contribution in [0.15, 0.2) is 41.9 Å². The highest BCUT2D eigenvalue weighted by atomic mass is 35.5. The number of fused-ring (bicyclic) bond motifs is 1. The quantitative estimate of drug-likeness (QED) is 0.219. The van der Waals surface area contributed by atoms with E-state index in [9.17, 15) is 27.9 Å². The minimum Gasteiger partial charge on any atom is -0.465 e. The number of halogens is 4. The summed E-state index contributed by atoms with van der Waals surface area (Å²) in [5, 5.41) is 14.4. The summed E-state index contributed by atoms with van der Waals surface area (Å²) in [7, 11) is 0. The van der Waals surface area contributed by atoms with Crippen molar-refractivity contribution in [1.82, 2.24) is 30.2 Å². The molecule has 14 heteroatoms. The lowest BCUT2D eigenvalue weighted by Gasteiger charge is -2.32. The standard InChI is InChI=1S/C26H26ClF3N6O3S/c1-25(2,3)15(11-36(24(38)39)12-21-33-17-6-4-5-7-18(17)34-21)23-35-20(13-40-23)22(37)32-10-19-16(27)8-14(9-31-19)26(28,29)30/h4-9,13,15H,10-12H2,1-3H3,(H,32,37)(H,33,34)(H,38,39). The Morgan fingerprint density at radius 2 is 1.93 bits per heavy atom. The van der Waals surface area contributed by atoms with Gasteiger partial charge in [-0.15, -0.1) is 11.3 Å². The molecule has 0 radical (unpaired) electrons. The van der Waals surface area contributed by atoms with Gasteiger partial charge >= 0.3 is 12.3 Å². The molecule has 1 aromatic carbocycles. The van der Waals surface area contributed by atoms with Gasteiger partial charge < -0.3 is 20.3 Å². The zero-order chi connectivity index (χ0) is 29.2. The van der Waals surface area contributed by atoms with Crippen molar-refractivity contribution in [2.45, 2.75) is 46.0 Å². The Kier molecular flexibility index (Phi) is 8.36. The van der Waals surface area contributed by atoms with Crippen LogP contribution in [0.3, 0.4) is 0 Å². The summed E-state index contributed by atoms with van der Waals surface area (Å²) in [5.74, 6) is -0.415. The predicted molar refractivity (Wildman–Crippen MR) is 144 cm³/mol. The number of carbonyl (C=O) groups is 2. The molecule has 4 aromatic rings. The maximum atomic E-state index is 12.8. The van der Waals surface area contributed by atoms with Gasteiger partial charge in [-0.3, -0.25) is 9.78 Å². The summed E-state index contributed by atoms with van der Waals surface area (Å²) >= 11 is 7.15. The van der Waals surface area contributed by atoms with E-state index in [-0.39, 0.29) is 42.0 Å². The molecule has 0 saturated carbocycles. The Morgan fingerprint density at radius 1 is 1.20 bits per heavy atom. The van der Waals surface area contributed by atoms with Gasteiger partial charge in [0.1, 0.15) is 11.5 Å². The number of aromatic amines is 1. The SMILES string of the molecule is CC(C)(C)C(CN(Cc1nc2ccccc2[nH]1)C(=O)O)c1nc(C(=O)NCc2ncc(C(F)(F)F)cc2Cl)cs1. The first-order valence-corrected chi connectivity index (χ1v) is 13.3. The fourth-order valence-electron chi connectivity index (χ4n) is 3.97. The van der Waals surface area contributed by atoms with E-state index in [0.717, 1.165) is 17.1 Å². The molecule has 212 valence electrons. The summed E-state index contributed by atoms with van der Waals surface area (Å²) in [5.41, 5.74) is 0.313. The molecule has 0 fully saturated rings. The van der Waals surface area contributed by atoms with Crippen molar-refractivity contribution in [1.29, 1.82) is 0 Å². The summed E-state index contributed by atoms with van der Waals surface area (Å²) in [6.45, 7) is 5.82. The number of aromatic nitrogens is 4. The van der Waals surface area contributed by atoms with Crippen LogP contribution < -0.4 is 5.32 Å². The number of carbonyl (C=O) groups excluding carboxylic acids is 1. The van der Waals surface area contributed by atoms with Gasteiger partial charge in [0.05, 0.1) is 45.4 Å². The van der Waals surface area contributed by atoms with E-state index in [4.69, 9.17) is 11.6 Å². The second-order valence-corrected chi connectivity index (χ2v) is 11.5. The molecule has 0 aliphatic heterocycles. The molecule has 1 atom stereocenters. The summed E-state index contributed by atoms with van der Waals surface area (Å²) in [4.78, 5) is 42.0. The third-order valence-electron chi connectivity index (χ3n) is 6.21. The number of imidazole rings is 1. The minimum absolute atomic E-state index is 0.0379. The minimum atomic E-state index is -4.58. The average Bonchev–Trinajstić information content (AvgIpc) is 3.51. The van der Waals surface area contributed by atoms with Gasteiger partial charge in [0.2, 0.25) is 0 Å². The molecule has 0 aliphatic rings. The van der Waals surface area contributed by atoms with Crippen molar-refractivity contribution in [2.24, 2.45) is 5.41 Å². The van der Waals surface area contributed by atoms with Gasteiger partial charge in [-0.25, -0.2) is 14.8 Å². The van der Waals surface area contributed by atoms with Crippen LogP contribution >= 0.6 is 22.9 Å². The van der Waals surface area contributed by atoms with Crippen LogP contribution in [0.5, 0.6) is 0 Å². The fraction of sp³-hybridized carbons (Fsp3) is 0.346. The lowest BCUT2D eigenvalue weighted by molar-refractivity contribution is -0.137. The van der Waals surface area contributed by atoms with Gasteiger partial charge in [-0.1, -0.05) is 44.5 Å². The maximum absolute atomic E-state index is 12.8. The summed E-state index contributed by atoms with van der Waals surface area (Å²) in [6, 6.07) is 8.16. The van der Waals surface area contributed by atoms with E-state index in [2.05, 4.69) is 25.3 Å². The van der Waals surface area contributed by atoms with E-state index >= 15 is 0 Å². The molecular weight excluding hydrogens is 569 g/mol. The lowest BCUT2D eigenvalue weighted by Crippen LogP contribution is -2.37. The number of thiazole rings is 1. The molecule has 2 amide bonds. The smallest absolute Gasteiger partial charge is 0.417 e. The zero-order valence-corrected chi connectivity index (χ0v) is 23.3. The van der Waals surface area contributed by atoms with E-state index in [1.165, 1.54) is 16.2 Å². The molecule has 0 bridgehead atoms. The molecule has 3 N–H and O–H groups in total. The van der Waals surface area contributed by atoms with Crippen LogP contribution in [0, 0.1) is 5.41 Å². The van der Waals surface area contributed by atoms with Crippen LogP contribution in [-0.4, -0.2) is 48.5 Å². The van der Waals surface area contributed by atoms with Gasteiger partial charge in [-0.2, -0.15) is 13.2 Å². The first-order valence-electron chi connectivity index (χ1n) is 12.1. The van der Waals surface area contributed by atoms with Crippen molar-refractivity contribution >= 4 is 46.0 Å². The summed E-state index contributed by atoms with van der Waals surface area (Å²) in [6.07, 6.45) is -5.05. The number of benzene rings is 1. The number of hydrogen-bond acceptors (Lipinski definition) is 6. The van der Waals surface area contributed by atoms with Crippen LogP contribution in [0.25, 0.3) is 11.0 Å². The number of hydrogen-bond donors (Lipinski definition) is 3. The molecule has 0 saturated heterocycles. The average molecular weight is 595 g/mol. The number of nitrogens with one attached hydrogen (secondary N) is 2. The lowest BCUT2D eigenvalue weighted by atomic mass is 9.80. The third kappa shape index (κ3) is 6.89. The second-order valence-electron chi connectivity index (χ2n) is 10.2. The van der Waals surface area contributed by atoms with Gasteiger partial charge in [0.25, 0.3) is 5.91 Å². The second kappa shape index (κ2) is 11.4. The van der Waals surface area contributed by atoms with Crippen molar-refractivity contribution in [3.63, 3.8) is 0 Å². The Bertz CT molecular complexity index is 1500. The number of carboxylic acid groups (broad SMARTS) is 1. The Hall–Kier alpha value is -3.71. The number of para-hydroxylation sites is 2. The molecule has 1 unspecified atom stereocenters. The number of pyridine rings is 1. The van der Waals surface area contributed by atoms with Crippen molar-refractivity contribution < 1.29 is 27.9 Å². The Balaban J connectivity index is 1.47. The van der Waals surface area contributed by atoms with Crippen LogP contribution in [-0.2, 0) is 19.3 Å². The van der Waals surface area contributed by atoms with E-state index < -0.39 is 29.2 Å². The number of rotatable bonds is 8. The fourth-order valence-corrected chi connectivity index (χ4v) is 5.34. The first kappa shape index (κ1) is 29.3. The van der Waals surface area contributed by atoms with Crippen molar-refractivity contribution in [3.8, 4) is 0 Å². The molecule has 0 spiro atoms. The first-order chi connectivity index (χ1) is 18.7. The van der Waals surface area contributed by atoms with Gasteiger partial charge in [-0.05, 0) is 23.6 Å². The van der Waals surface area contributed by atoms with Crippen molar-refractivity contribution in [3.05, 3.63) is 74.7 Å². The third-order valence-corrected chi connectivity index (χ3v) is 7.50. The molecule has 40 heavy (non-hydrogen) atoms. The number of nitrogens with zero attached hydrogens (tertiary/aromatic N) is 4. The van der Waals surface area contributed by atoms with E-state index in [1.807, 2.05) is 45.0 Å². The number of H-pyrrole nitrogens is 1. The van der Waals surface area contributed by atoms with Gasteiger partial charge in [0.15, 0.2) is 0 Å². The predicted octanol–water partition coefficient (Wildman–Crippen LogP) is 6.33. The normalized spacial score (nSPS) is 12.9. The highest BCUT2D eigenvalue weighted by molar-refractivity contribution is 7.10. The zero-order valence-electron chi connectivity index (χ0n) is 21.7. The molecule has 9 nitrogen and oxygen atoms in total. The topological polar surface area (TPSA) is 124 Å². The highest BCUT2D eigenvalue weighted by Crippen LogP contribution is 2.38. The highest BCUT2D eigenvalue weighted by Gasteiger charge is 2.34.